The van der Waals surface area contributed by atoms with E-state index in [1.54, 1.807) is 0 Å². The van der Waals surface area contributed by atoms with Crippen LogP contribution in [-0.2, 0) is 0 Å². The molecular formula is C8H13F. The van der Waals surface area contributed by atoms with Gasteiger partial charge in [0.05, 0.1) is 6.33 Å². The molecule has 1 atom stereocenters. The van der Waals surface area contributed by atoms with Crippen molar-refractivity contribution in [3.05, 3.63) is 24.6 Å². The van der Waals surface area contributed by atoms with Crippen LogP contribution in [0.25, 0.3) is 0 Å². The second kappa shape index (κ2) is 5.54. The molecule has 0 aromatic heterocycles. The molecule has 9 heavy (non-hydrogen) atoms. The third kappa shape index (κ3) is 5.28. The largest absolute Gasteiger partial charge is 0.216 e. The van der Waals surface area contributed by atoms with Gasteiger partial charge in [0.15, 0.2) is 0 Å². The van der Waals surface area contributed by atoms with Crippen LogP contribution in [0, 0.1) is 5.92 Å². The summed E-state index contributed by atoms with van der Waals surface area (Å²) < 4.78 is 11.4. The van der Waals surface area contributed by atoms with Crippen LogP contribution in [0.15, 0.2) is 24.6 Å². The summed E-state index contributed by atoms with van der Waals surface area (Å²) in [5, 5.41) is 0. The molecule has 0 aliphatic carbocycles. The molecule has 0 radical (unpaired) electrons. The lowest BCUT2D eigenvalue weighted by molar-refractivity contribution is 0.688. The van der Waals surface area contributed by atoms with E-state index in [9.17, 15) is 4.39 Å². The van der Waals surface area contributed by atoms with E-state index in [2.05, 4.69) is 13.0 Å². The lowest BCUT2D eigenvalue weighted by atomic mass is 10.1. The molecule has 0 aliphatic rings. The molecule has 0 fully saturated rings. The Morgan fingerprint density at radius 2 is 2.22 bits per heavy atom. The van der Waals surface area contributed by atoms with Gasteiger partial charge in [-0.1, -0.05) is 25.2 Å². The van der Waals surface area contributed by atoms with Crippen LogP contribution in [0.2, 0.25) is 0 Å². The molecule has 0 rings (SSSR count). The van der Waals surface area contributed by atoms with Crippen LogP contribution < -0.4 is 0 Å². The van der Waals surface area contributed by atoms with Crippen molar-refractivity contribution < 1.29 is 4.39 Å². The first-order chi connectivity index (χ1) is 4.31. The Labute approximate surface area is 56.1 Å². The fourth-order valence-electron chi connectivity index (χ4n) is 0.673. The van der Waals surface area contributed by atoms with Crippen LogP contribution in [-0.4, -0.2) is 0 Å². The Hall–Kier alpha value is -0.590. The number of rotatable bonds is 3. The van der Waals surface area contributed by atoms with Crippen molar-refractivity contribution in [2.75, 3.05) is 0 Å². The second-order valence-corrected chi connectivity index (χ2v) is 2.10. The summed E-state index contributed by atoms with van der Waals surface area (Å²) in [7, 11) is 0. The third-order valence-electron chi connectivity index (χ3n) is 1.12. The Balaban J connectivity index is 3.37. The van der Waals surface area contributed by atoms with E-state index in [-0.39, 0.29) is 0 Å². The molecule has 0 nitrogen and oxygen atoms in total. The van der Waals surface area contributed by atoms with Crippen molar-refractivity contribution in [2.45, 2.75) is 20.3 Å². The topological polar surface area (TPSA) is 0 Å². The summed E-state index contributed by atoms with van der Waals surface area (Å²) in [6.07, 6.45) is 6.96. The maximum Gasteiger partial charge on any atom is 0.0827 e. The Morgan fingerprint density at radius 3 is 2.67 bits per heavy atom. The highest BCUT2D eigenvalue weighted by Crippen LogP contribution is 2.03. The molecule has 0 unspecified atom stereocenters. The molecule has 52 valence electrons. The van der Waals surface area contributed by atoms with Gasteiger partial charge in [-0.05, 0) is 19.3 Å². The first-order valence-electron chi connectivity index (χ1n) is 3.19. The van der Waals surface area contributed by atoms with E-state index in [0.717, 1.165) is 6.42 Å². The highest BCUT2D eigenvalue weighted by molar-refractivity contribution is 4.87. The molecule has 0 spiro atoms. The highest BCUT2D eigenvalue weighted by Gasteiger charge is 1.89. The normalized spacial score (nSPS) is 15.4. The van der Waals surface area contributed by atoms with Crippen molar-refractivity contribution in [2.24, 2.45) is 5.92 Å². The SMILES string of the molecule is C/C=C/[C@@H](C)C/C=C/F. The number of hydrogen-bond acceptors (Lipinski definition) is 0. The molecule has 0 N–H and O–H groups in total. The van der Waals surface area contributed by atoms with Gasteiger partial charge in [0.25, 0.3) is 0 Å². The van der Waals surface area contributed by atoms with Crippen LogP contribution in [0.4, 0.5) is 4.39 Å². The van der Waals surface area contributed by atoms with Crippen molar-refractivity contribution >= 4 is 0 Å². The second-order valence-electron chi connectivity index (χ2n) is 2.10. The molecule has 0 saturated carbocycles. The summed E-state index contributed by atoms with van der Waals surface area (Å²) >= 11 is 0. The van der Waals surface area contributed by atoms with Crippen molar-refractivity contribution in [1.82, 2.24) is 0 Å². The van der Waals surface area contributed by atoms with Crippen molar-refractivity contribution in [3.8, 4) is 0 Å². The lowest BCUT2D eigenvalue weighted by Crippen LogP contribution is -1.83. The Morgan fingerprint density at radius 1 is 1.56 bits per heavy atom. The van der Waals surface area contributed by atoms with Gasteiger partial charge in [0.1, 0.15) is 0 Å². The van der Waals surface area contributed by atoms with Crippen LogP contribution >= 0.6 is 0 Å². The summed E-state index contributed by atoms with van der Waals surface area (Å²) in [5.41, 5.74) is 0. The zero-order valence-electron chi connectivity index (χ0n) is 5.97. The third-order valence-corrected chi connectivity index (χ3v) is 1.12. The molecule has 0 saturated heterocycles. The lowest BCUT2D eigenvalue weighted by Gasteiger charge is -1.97. The van der Waals surface area contributed by atoms with Gasteiger partial charge in [0, 0.05) is 0 Å². The standard InChI is InChI=1S/C8H13F/c1-3-5-8(2)6-4-7-9/h3-5,7-8H,6H2,1-2H3/b5-3+,7-4+/t8-/m1/s1. The minimum absolute atomic E-state index is 0.460. The zero-order chi connectivity index (χ0) is 7.11. The minimum atomic E-state index is 0.460. The maximum atomic E-state index is 11.4. The summed E-state index contributed by atoms with van der Waals surface area (Å²) in [6.45, 7) is 4.02. The Kier molecular flexibility index (Phi) is 5.18. The van der Waals surface area contributed by atoms with Crippen molar-refractivity contribution in [3.63, 3.8) is 0 Å². The monoisotopic (exact) mass is 128 g/mol. The van der Waals surface area contributed by atoms with E-state index in [1.807, 2.05) is 13.0 Å². The summed E-state index contributed by atoms with van der Waals surface area (Å²) in [4.78, 5) is 0. The van der Waals surface area contributed by atoms with Gasteiger partial charge >= 0.3 is 0 Å². The minimum Gasteiger partial charge on any atom is -0.216 e. The Bertz CT molecular complexity index is 103. The molecule has 0 aromatic rings. The van der Waals surface area contributed by atoms with E-state index in [4.69, 9.17) is 0 Å². The van der Waals surface area contributed by atoms with Gasteiger partial charge in [-0.25, -0.2) is 4.39 Å². The summed E-state index contributed by atoms with van der Waals surface area (Å²) in [5.74, 6) is 0.460. The molecule has 0 aliphatic heterocycles. The average Bonchev–Trinajstić information content (AvgIpc) is 1.85. The highest BCUT2D eigenvalue weighted by atomic mass is 19.1. The number of hydrogen-bond donors (Lipinski definition) is 0. The average molecular weight is 128 g/mol. The molecule has 0 aromatic carbocycles. The van der Waals surface area contributed by atoms with Crippen LogP contribution in [0.5, 0.6) is 0 Å². The van der Waals surface area contributed by atoms with Crippen LogP contribution in [0.3, 0.4) is 0 Å². The van der Waals surface area contributed by atoms with E-state index in [1.165, 1.54) is 6.08 Å². The van der Waals surface area contributed by atoms with Gasteiger partial charge in [-0.2, -0.15) is 0 Å². The quantitative estimate of drug-likeness (QED) is 0.512. The van der Waals surface area contributed by atoms with Gasteiger partial charge in [-0.15, -0.1) is 0 Å². The van der Waals surface area contributed by atoms with Crippen molar-refractivity contribution in [1.29, 1.82) is 0 Å². The number of allylic oxidation sites excluding steroid dienone is 3. The van der Waals surface area contributed by atoms with Gasteiger partial charge in [0.2, 0.25) is 0 Å². The molecule has 0 bridgehead atoms. The smallest absolute Gasteiger partial charge is 0.0827 e. The maximum absolute atomic E-state index is 11.4. The fraction of sp³-hybridized carbons (Fsp3) is 0.500. The molecule has 1 heteroatoms. The van der Waals surface area contributed by atoms with Crippen LogP contribution in [0.1, 0.15) is 20.3 Å². The van der Waals surface area contributed by atoms with E-state index in [0.29, 0.717) is 12.2 Å². The molecule has 0 heterocycles. The fourth-order valence-corrected chi connectivity index (χ4v) is 0.673. The van der Waals surface area contributed by atoms with E-state index >= 15 is 0 Å². The number of halogens is 1. The predicted octanol–water partition coefficient (Wildman–Crippen LogP) is 3.07. The first kappa shape index (κ1) is 8.41. The zero-order valence-corrected chi connectivity index (χ0v) is 5.97. The predicted molar refractivity (Wildman–Crippen MR) is 38.8 cm³/mol. The molecular weight excluding hydrogens is 115 g/mol. The summed E-state index contributed by atoms with van der Waals surface area (Å²) in [6, 6.07) is 0. The van der Waals surface area contributed by atoms with Gasteiger partial charge in [-0.3, -0.25) is 0 Å². The van der Waals surface area contributed by atoms with E-state index < -0.39 is 0 Å². The molecule has 0 amide bonds. The van der Waals surface area contributed by atoms with Gasteiger partial charge < -0.3 is 0 Å². The first-order valence-corrected chi connectivity index (χ1v) is 3.19.